The van der Waals surface area contributed by atoms with Crippen LogP contribution in [-0.4, -0.2) is 19.0 Å². The molecule has 0 saturated carbocycles. The Morgan fingerprint density at radius 2 is 2.12 bits per heavy atom. The van der Waals surface area contributed by atoms with Crippen molar-refractivity contribution in [2.45, 2.75) is 25.8 Å². The molecule has 17 heavy (non-hydrogen) atoms. The monoisotopic (exact) mass is 303 g/mol. The van der Waals surface area contributed by atoms with Gasteiger partial charge >= 0.3 is 0 Å². The molecular weight excluding hydrogens is 285 g/mol. The third-order valence-corrected chi connectivity index (χ3v) is 3.09. The summed E-state index contributed by atoms with van der Waals surface area (Å²) in [6, 6.07) is 5.06. The van der Waals surface area contributed by atoms with Crippen LogP contribution in [0.15, 0.2) is 18.2 Å². The minimum Gasteiger partial charge on any atom is -0.494 e. The van der Waals surface area contributed by atoms with E-state index in [1.807, 2.05) is 6.07 Å². The molecule has 0 aliphatic carbocycles. The molecule has 1 rings (SSSR count). The fourth-order valence-corrected chi connectivity index (χ4v) is 1.97. The summed E-state index contributed by atoms with van der Waals surface area (Å²) >= 11 is 3.40. The van der Waals surface area contributed by atoms with Crippen molar-refractivity contribution in [1.29, 1.82) is 0 Å². The normalized spacial score (nSPS) is 10.5. The predicted octanol–water partition coefficient (Wildman–Crippen LogP) is 3.49. The molecule has 0 heterocycles. The first-order valence-corrected chi connectivity index (χ1v) is 6.99. The van der Waals surface area contributed by atoms with Crippen LogP contribution in [0.25, 0.3) is 0 Å². The quantitative estimate of drug-likeness (QED) is 0.586. The molecule has 96 valence electrons. The molecular formula is C13H19BrFNO. The van der Waals surface area contributed by atoms with E-state index in [0.29, 0.717) is 12.3 Å². The maximum absolute atomic E-state index is 13.4. The van der Waals surface area contributed by atoms with Crippen LogP contribution >= 0.6 is 15.9 Å². The van der Waals surface area contributed by atoms with Gasteiger partial charge < -0.3 is 10.1 Å². The fourth-order valence-electron chi connectivity index (χ4n) is 1.57. The summed E-state index contributed by atoms with van der Waals surface area (Å²) in [6.07, 6.45) is 3.58. The first-order valence-electron chi connectivity index (χ1n) is 5.87. The van der Waals surface area contributed by atoms with E-state index in [0.717, 1.165) is 23.9 Å². The molecule has 0 amide bonds. The van der Waals surface area contributed by atoms with E-state index in [1.54, 1.807) is 6.07 Å². The smallest absolute Gasteiger partial charge is 0.165 e. The Balaban J connectivity index is 2.25. The molecule has 0 radical (unpaired) electrons. The standard InChI is InChI=1S/C13H19BrFNO/c1-17-13-6-5-11(9-12(13)15)10-16-8-4-2-3-7-14/h5-6,9,16H,2-4,7-8,10H2,1H3. The predicted molar refractivity (Wildman–Crippen MR) is 72.3 cm³/mol. The highest BCUT2D eigenvalue weighted by molar-refractivity contribution is 9.09. The van der Waals surface area contributed by atoms with E-state index in [9.17, 15) is 4.39 Å². The van der Waals surface area contributed by atoms with E-state index in [4.69, 9.17) is 4.74 Å². The second kappa shape index (κ2) is 8.48. The number of unbranched alkanes of at least 4 members (excludes halogenated alkanes) is 2. The van der Waals surface area contributed by atoms with Gasteiger partial charge in [0.2, 0.25) is 0 Å². The number of hydrogen-bond acceptors (Lipinski definition) is 2. The maximum Gasteiger partial charge on any atom is 0.165 e. The van der Waals surface area contributed by atoms with Gasteiger partial charge in [0.25, 0.3) is 0 Å². The van der Waals surface area contributed by atoms with Gasteiger partial charge in [-0.15, -0.1) is 0 Å². The number of benzene rings is 1. The summed E-state index contributed by atoms with van der Waals surface area (Å²) in [7, 11) is 1.47. The summed E-state index contributed by atoms with van der Waals surface area (Å²) < 4.78 is 18.2. The minimum absolute atomic E-state index is 0.297. The average Bonchev–Trinajstić information content (AvgIpc) is 2.34. The highest BCUT2D eigenvalue weighted by atomic mass is 79.9. The van der Waals surface area contributed by atoms with Gasteiger partial charge in [0.05, 0.1) is 7.11 Å². The Morgan fingerprint density at radius 1 is 1.29 bits per heavy atom. The third-order valence-electron chi connectivity index (χ3n) is 2.53. The van der Waals surface area contributed by atoms with E-state index in [2.05, 4.69) is 21.2 Å². The van der Waals surface area contributed by atoms with Crippen molar-refractivity contribution in [3.05, 3.63) is 29.6 Å². The number of methoxy groups -OCH3 is 1. The van der Waals surface area contributed by atoms with Crippen molar-refractivity contribution in [3.8, 4) is 5.75 Å². The van der Waals surface area contributed by atoms with Crippen LogP contribution < -0.4 is 10.1 Å². The Labute approximate surface area is 111 Å². The van der Waals surface area contributed by atoms with Crippen LogP contribution in [0.4, 0.5) is 4.39 Å². The molecule has 0 spiro atoms. The molecule has 0 unspecified atom stereocenters. The molecule has 0 aliphatic heterocycles. The summed E-state index contributed by atoms with van der Waals surface area (Å²) in [6.45, 7) is 1.68. The number of alkyl halides is 1. The molecule has 4 heteroatoms. The average molecular weight is 304 g/mol. The molecule has 0 saturated heterocycles. The van der Waals surface area contributed by atoms with Crippen LogP contribution in [0.1, 0.15) is 24.8 Å². The lowest BCUT2D eigenvalue weighted by Crippen LogP contribution is -2.14. The highest BCUT2D eigenvalue weighted by Gasteiger charge is 2.02. The van der Waals surface area contributed by atoms with Crippen LogP contribution in [0, 0.1) is 5.82 Å². The van der Waals surface area contributed by atoms with E-state index < -0.39 is 0 Å². The van der Waals surface area contributed by atoms with Gasteiger partial charge in [-0.25, -0.2) is 4.39 Å². The molecule has 0 fully saturated rings. The Bertz CT molecular complexity index is 333. The number of rotatable bonds is 8. The lowest BCUT2D eigenvalue weighted by atomic mass is 10.2. The van der Waals surface area contributed by atoms with Gasteiger partial charge in [-0.1, -0.05) is 28.4 Å². The Hall–Kier alpha value is -0.610. The number of nitrogens with one attached hydrogen (secondary N) is 1. The minimum atomic E-state index is -0.300. The van der Waals surface area contributed by atoms with E-state index in [1.165, 1.54) is 26.0 Å². The molecule has 1 aromatic carbocycles. The van der Waals surface area contributed by atoms with Crippen LogP contribution in [-0.2, 0) is 6.54 Å². The second-order valence-electron chi connectivity index (χ2n) is 3.90. The van der Waals surface area contributed by atoms with Gasteiger partial charge in [-0.3, -0.25) is 0 Å². The van der Waals surface area contributed by atoms with Crippen LogP contribution in [0.2, 0.25) is 0 Å². The molecule has 0 aliphatic rings. The number of halogens is 2. The zero-order valence-corrected chi connectivity index (χ0v) is 11.7. The van der Waals surface area contributed by atoms with E-state index in [-0.39, 0.29) is 5.82 Å². The van der Waals surface area contributed by atoms with Crippen molar-refractivity contribution in [2.75, 3.05) is 19.0 Å². The third kappa shape index (κ3) is 5.50. The largest absolute Gasteiger partial charge is 0.494 e. The summed E-state index contributed by atoms with van der Waals surface area (Å²) in [5, 5.41) is 4.37. The zero-order chi connectivity index (χ0) is 12.5. The first kappa shape index (κ1) is 14.5. The van der Waals surface area contributed by atoms with Crippen LogP contribution in [0.5, 0.6) is 5.75 Å². The van der Waals surface area contributed by atoms with Crippen molar-refractivity contribution in [2.24, 2.45) is 0 Å². The summed E-state index contributed by atoms with van der Waals surface area (Å²) in [5.41, 5.74) is 0.948. The van der Waals surface area contributed by atoms with Crippen molar-refractivity contribution in [3.63, 3.8) is 0 Å². The molecule has 1 N–H and O–H groups in total. The Morgan fingerprint density at radius 3 is 2.76 bits per heavy atom. The van der Waals surface area contributed by atoms with Crippen molar-refractivity contribution in [1.82, 2.24) is 5.32 Å². The second-order valence-corrected chi connectivity index (χ2v) is 4.69. The lowest BCUT2D eigenvalue weighted by molar-refractivity contribution is 0.386. The lowest BCUT2D eigenvalue weighted by Gasteiger charge is -2.06. The number of hydrogen-bond donors (Lipinski definition) is 1. The molecule has 0 bridgehead atoms. The van der Waals surface area contributed by atoms with Crippen LogP contribution in [0.3, 0.4) is 0 Å². The van der Waals surface area contributed by atoms with Gasteiger partial charge in [0, 0.05) is 11.9 Å². The summed E-state index contributed by atoms with van der Waals surface area (Å²) in [5.74, 6) is -0.00263. The SMILES string of the molecule is COc1ccc(CNCCCCCBr)cc1F. The molecule has 0 atom stereocenters. The summed E-state index contributed by atoms with van der Waals surface area (Å²) in [4.78, 5) is 0. The molecule has 1 aromatic rings. The van der Waals surface area contributed by atoms with Gasteiger partial charge in [-0.05, 0) is 37.1 Å². The number of ether oxygens (including phenoxy) is 1. The molecule has 0 aromatic heterocycles. The topological polar surface area (TPSA) is 21.3 Å². The van der Waals surface area contributed by atoms with E-state index >= 15 is 0 Å². The first-order chi connectivity index (χ1) is 8.27. The molecule has 2 nitrogen and oxygen atoms in total. The van der Waals surface area contributed by atoms with Gasteiger partial charge in [0.1, 0.15) is 0 Å². The highest BCUT2D eigenvalue weighted by Crippen LogP contribution is 2.17. The van der Waals surface area contributed by atoms with Crippen molar-refractivity contribution < 1.29 is 9.13 Å². The van der Waals surface area contributed by atoms with Gasteiger partial charge in [0.15, 0.2) is 11.6 Å². The zero-order valence-electron chi connectivity index (χ0n) is 10.1. The fraction of sp³-hybridized carbons (Fsp3) is 0.538. The maximum atomic E-state index is 13.4. The van der Waals surface area contributed by atoms with Crippen molar-refractivity contribution >= 4 is 15.9 Å². The Kier molecular flexibility index (Phi) is 7.21. The van der Waals surface area contributed by atoms with Gasteiger partial charge in [-0.2, -0.15) is 0 Å².